The SMILES string of the molecule is COC(=O)C(CC(=O)OCC(C)C)NC1CCCC1. The predicted molar refractivity (Wildman–Crippen MR) is 71.6 cm³/mol. The number of methoxy groups -OCH3 is 1. The Morgan fingerprint density at radius 3 is 2.42 bits per heavy atom. The van der Waals surface area contributed by atoms with Crippen LogP contribution in [0, 0.1) is 5.92 Å². The predicted octanol–water partition coefficient (Wildman–Crippen LogP) is 1.65. The van der Waals surface area contributed by atoms with Gasteiger partial charge in [0.1, 0.15) is 6.04 Å². The lowest BCUT2D eigenvalue weighted by Gasteiger charge is -2.20. The first-order chi connectivity index (χ1) is 9.02. The molecule has 5 nitrogen and oxygen atoms in total. The lowest BCUT2D eigenvalue weighted by atomic mass is 10.1. The zero-order valence-corrected chi connectivity index (χ0v) is 12.1. The van der Waals surface area contributed by atoms with Crippen molar-refractivity contribution in [2.45, 2.75) is 58.0 Å². The molecule has 0 heterocycles. The molecule has 1 aliphatic rings. The van der Waals surface area contributed by atoms with Crippen molar-refractivity contribution in [3.8, 4) is 0 Å². The Morgan fingerprint density at radius 1 is 1.26 bits per heavy atom. The zero-order chi connectivity index (χ0) is 14.3. The number of esters is 2. The van der Waals surface area contributed by atoms with Crippen LogP contribution in [0.4, 0.5) is 0 Å². The van der Waals surface area contributed by atoms with Crippen LogP contribution in [0.5, 0.6) is 0 Å². The lowest BCUT2D eigenvalue weighted by Crippen LogP contribution is -2.44. The fraction of sp³-hybridized carbons (Fsp3) is 0.857. The molecule has 1 atom stereocenters. The summed E-state index contributed by atoms with van der Waals surface area (Å²) in [7, 11) is 1.34. The first-order valence-electron chi connectivity index (χ1n) is 7.02. The van der Waals surface area contributed by atoms with E-state index in [1.54, 1.807) is 0 Å². The van der Waals surface area contributed by atoms with Crippen LogP contribution in [0.3, 0.4) is 0 Å². The highest BCUT2D eigenvalue weighted by molar-refractivity contribution is 5.82. The summed E-state index contributed by atoms with van der Waals surface area (Å²) in [6, 6.07) is -0.283. The van der Waals surface area contributed by atoms with Gasteiger partial charge in [-0.2, -0.15) is 0 Å². The molecular weight excluding hydrogens is 246 g/mol. The first kappa shape index (κ1) is 16.0. The van der Waals surface area contributed by atoms with Gasteiger partial charge < -0.3 is 14.8 Å². The molecule has 0 aliphatic heterocycles. The molecule has 110 valence electrons. The largest absolute Gasteiger partial charge is 0.468 e. The highest BCUT2D eigenvalue weighted by atomic mass is 16.5. The van der Waals surface area contributed by atoms with Crippen LogP contribution in [0.2, 0.25) is 0 Å². The summed E-state index contributed by atoms with van der Waals surface area (Å²) in [5.74, 6) is -0.452. The van der Waals surface area contributed by atoms with E-state index in [0.717, 1.165) is 12.8 Å². The van der Waals surface area contributed by atoms with E-state index >= 15 is 0 Å². The molecule has 0 saturated heterocycles. The molecule has 0 spiro atoms. The van der Waals surface area contributed by atoms with Crippen molar-refractivity contribution in [2.24, 2.45) is 5.92 Å². The van der Waals surface area contributed by atoms with Gasteiger partial charge in [-0.25, -0.2) is 0 Å². The smallest absolute Gasteiger partial charge is 0.323 e. The van der Waals surface area contributed by atoms with Crippen LogP contribution >= 0.6 is 0 Å². The molecule has 1 unspecified atom stereocenters. The molecule has 1 rings (SSSR count). The average Bonchev–Trinajstić information content (AvgIpc) is 2.87. The van der Waals surface area contributed by atoms with Crippen LogP contribution in [0.15, 0.2) is 0 Å². The molecule has 1 aliphatic carbocycles. The van der Waals surface area contributed by atoms with Gasteiger partial charge in [0.25, 0.3) is 0 Å². The van der Waals surface area contributed by atoms with Crippen molar-refractivity contribution >= 4 is 11.9 Å². The van der Waals surface area contributed by atoms with Crippen LogP contribution < -0.4 is 5.32 Å². The third-order valence-corrected chi connectivity index (χ3v) is 3.23. The molecular formula is C14H25NO4. The van der Waals surface area contributed by atoms with E-state index in [-0.39, 0.29) is 12.4 Å². The molecule has 1 saturated carbocycles. The standard InChI is InChI=1S/C14H25NO4/c1-10(2)9-19-13(16)8-12(14(17)18-3)15-11-6-4-5-7-11/h10-12,15H,4-9H2,1-3H3. The number of carbonyl (C=O) groups excluding carboxylic acids is 2. The van der Waals surface area contributed by atoms with Crippen molar-refractivity contribution in [1.29, 1.82) is 0 Å². The number of rotatable bonds is 7. The van der Waals surface area contributed by atoms with Gasteiger partial charge in [-0.15, -0.1) is 0 Å². The van der Waals surface area contributed by atoms with E-state index in [1.807, 2.05) is 13.8 Å². The van der Waals surface area contributed by atoms with Crippen LogP contribution in [-0.2, 0) is 19.1 Å². The minimum atomic E-state index is -0.590. The second-order valence-electron chi connectivity index (χ2n) is 5.50. The van der Waals surface area contributed by atoms with Gasteiger partial charge in [0.2, 0.25) is 0 Å². The van der Waals surface area contributed by atoms with E-state index in [0.29, 0.717) is 18.6 Å². The van der Waals surface area contributed by atoms with Gasteiger partial charge >= 0.3 is 11.9 Å². The first-order valence-corrected chi connectivity index (χ1v) is 7.02. The van der Waals surface area contributed by atoms with E-state index in [4.69, 9.17) is 9.47 Å². The molecule has 0 aromatic heterocycles. The molecule has 0 bridgehead atoms. The summed E-state index contributed by atoms with van der Waals surface area (Å²) in [5.41, 5.74) is 0. The lowest BCUT2D eigenvalue weighted by molar-refractivity contribution is -0.152. The van der Waals surface area contributed by atoms with Crippen molar-refractivity contribution in [3.63, 3.8) is 0 Å². The molecule has 1 fully saturated rings. The number of hydrogen-bond acceptors (Lipinski definition) is 5. The molecule has 0 aromatic carbocycles. The van der Waals surface area contributed by atoms with Gasteiger partial charge in [0.05, 0.1) is 20.1 Å². The third-order valence-electron chi connectivity index (χ3n) is 3.23. The van der Waals surface area contributed by atoms with Crippen LogP contribution in [0.1, 0.15) is 46.0 Å². The molecule has 0 aromatic rings. The molecule has 0 amide bonds. The third kappa shape index (κ3) is 6.05. The topological polar surface area (TPSA) is 64.6 Å². The molecule has 19 heavy (non-hydrogen) atoms. The number of carbonyl (C=O) groups is 2. The van der Waals surface area contributed by atoms with Crippen LogP contribution in [0.25, 0.3) is 0 Å². The summed E-state index contributed by atoms with van der Waals surface area (Å²) in [4.78, 5) is 23.4. The Bertz CT molecular complexity index is 298. The molecule has 0 radical (unpaired) electrons. The van der Waals surface area contributed by atoms with Crippen molar-refractivity contribution in [3.05, 3.63) is 0 Å². The van der Waals surface area contributed by atoms with E-state index < -0.39 is 12.0 Å². The van der Waals surface area contributed by atoms with Crippen molar-refractivity contribution in [1.82, 2.24) is 5.32 Å². The maximum Gasteiger partial charge on any atom is 0.323 e. The van der Waals surface area contributed by atoms with E-state index in [9.17, 15) is 9.59 Å². The summed E-state index contributed by atoms with van der Waals surface area (Å²) in [6.45, 7) is 4.33. The van der Waals surface area contributed by atoms with Gasteiger partial charge in [0.15, 0.2) is 0 Å². The highest BCUT2D eigenvalue weighted by Crippen LogP contribution is 2.19. The minimum Gasteiger partial charge on any atom is -0.468 e. The fourth-order valence-electron chi connectivity index (χ4n) is 2.21. The Morgan fingerprint density at radius 2 is 1.89 bits per heavy atom. The van der Waals surface area contributed by atoms with Crippen LogP contribution in [-0.4, -0.2) is 37.7 Å². The summed E-state index contributed by atoms with van der Waals surface area (Å²) < 4.78 is 9.85. The summed E-state index contributed by atoms with van der Waals surface area (Å²) >= 11 is 0. The van der Waals surface area contributed by atoms with Gasteiger partial charge in [-0.3, -0.25) is 9.59 Å². The quantitative estimate of drug-likeness (QED) is 0.713. The molecule has 5 heteroatoms. The normalized spacial score (nSPS) is 17.5. The minimum absolute atomic E-state index is 0.0376. The number of hydrogen-bond donors (Lipinski definition) is 1. The maximum absolute atomic E-state index is 11.7. The fourth-order valence-corrected chi connectivity index (χ4v) is 2.21. The monoisotopic (exact) mass is 271 g/mol. The van der Waals surface area contributed by atoms with Crippen molar-refractivity contribution in [2.75, 3.05) is 13.7 Å². The second kappa shape index (κ2) is 8.15. The van der Waals surface area contributed by atoms with Gasteiger partial charge in [-0.05, 0) is 18.8 Å². The Balaban J connectivity index is 2.44. The average molecular weight is 271 g/mol. The number of ether oxygens (including phenoxy) is 2. The van der Waals surface area contributed by atoms with E-state index in [1.165, 1.54) is 20.0 Å². The Kier molecular flexibility index (Phi) is 6.84. The summed E-state index contributed by atoms with van der Waals surface area (Å²) in [5, 5.41) is 3.21. The molecule has 1 N–H and O–H groups in total. The Labute approximate surface area is 115 Å². The van der Waals surface area contributed by atoms with Crippen molar-refractivity contribution < 1.29 is 19.1 Å². The summed E-state index contributed by atoms with van der Waals surface area (Å²) in [6.07, 6.45) is 4.48. The number of nitrogens with one attached hydrogen (secondary N) is 1. The highest BCUT2D eigenvalue weighted by Gasteiger charge is 2.27. The van der Waals surface area contributed by atoms with Gasteiger partial charge in [-0.1, -0.05) is 26.7 Å². The van der Waals surface area contributed by atoms with E-state index in [2.05, 4.69) is 5.32 Å². The van der Waals surface area contributed by atoms with Gasteiger partial charge in [0, 0.05) is 6.04 Å². The second-order valence-corrected chi connectivity index (χ2v) is 5.50. The maximum atomic E-state index is 11.7. The Hall–Kier alpha value is -1.10. The zero-order valence-electron chi connectivity index (χ0n) is 12.1.